The number of hydrogen-bond acceptors (Lipinski definition) is 2. The van der Waals surface area contributed by atoms with E-state index >= 15 is 0 Å². The first kappa shape index (κ1) is 16.1. The van der Waals surface area contributed by atoms with Crippen LogP contribution in [0.2, 0.25) is 0 Å². The standard InChI is InChI=1S/C22H19N3O/c1-15-7-6-8-16(2)21(15)24-22(26)18-11-12-25-14-19(23-20(25)13-18)17-9-4-3-5-10-17/h3-14H,1-2H3,(H,24,26). The molecule has 0 aliphatic rings. The van der Waals surface area contributed by atoms with Crippen molar-refractivity contribution < 1.29 is 4.79 Å². The minimum atomic E-state index is -0.130. The highest BCUT2D eigenvalue weighted by atomic mass is 16.1. The Labute approximate surface area is 152 Å². The lowest BCUT2D eigenvalue weighted by atomic mass is 10.1. The van der Waals surface area contributed by atoms with Crippen molar-refractivity contribution in [1.82, 2.24) is 9.38 Å². The molecule has 4 rings (SSSR count). The number of anilines is 1. The van der Waals surface area contributed by atoms with Gasteiger partial charge in [-0.1, -0.05) is 48.5 Å². The van der Waals surface area contributed by atoms with E-state index < -0.39 is 0 Å². The summed E-state index contributed by atoms with van der Waals surface area (Å²) in [5, 5.41) is 3.02. The summed E-state index contributed by atoms with van der Waals surface area (Å²) in [7, 11) is 0. The highest BCUT2D eigenvalue weighted by Gasteiger charge is 2.12. The van der Waals surface area contributed by atoms with Gasteiger partial charge in [-0.2, -0.15) is 0 Å². The van der Waals surface area contributed by atoms with Crippen LogP contribution in [0.1, 0.15) is 21.5 Å². The SMILES string of the molecule is Cc1cccc(C)c1NC(=O)c1ccn2cc(-c3ccccc3)nc2c1. The van der Waals surface area contributed by atoms with Gasteiger partial charge in [0.05, 0.1) is 5.69 Å². The summed E-state index contributed by atoms with van der Waals surface area (Å²) in [6, 6.07) is 19.6. The van der Waals surface area contributed by atoms with E-state index in [1.54, 1.807) is 0 Å². The molecule has 0 aliphatic carbocycles. The molecule has 0 aliphatic heterocycles. The van der Waals surface area contributed by atoms with Crippen LogP contribution >= 0.6 is 0 Å². The van der Waals surface area contributed by atoms with Crippen molar-refractivity contribution in [3.05, 3.63) is 89.7 Å². The molecule has 2 aromatic heterocycles. The minimum Gasteiger partial charge on any atom is -0.322 e. The highest BCUT2D eigenvalue weighted by molar-refractivity contribution is 6.05. The Morgan fingerprint density at radius 2 is 1.69 bits per heavy atom. The number of aromatic nitrogens is 2. The van der Waals surface area contributed by atoms with E-state index in [1.807, 2.05) is 91.3 Å². The first-order valence-electron chi connectivity index (χ1n) is 8.53. The summed E-state index contributed by atoms with van der Waals surface area (Å²) in [6.07, 6.45) is 3.84. The molecule has 4 aromatic rings. The van der Waals surface area contributed by atoms with Crippen molar-refractivity contribution in [2.75, 3.05) is 5.32 Å². The molecule has 2 aromatic carbocycles. The van der Waals surface area contributed by atoms with Crippen LogP contribution in [0.4, 0.5) is 5.69 Å². The molecule has 0 bridgehead atoms. The van der Waals surface area contributed by atoms with Crippen molar-refractivity contribution in [3.63, 3.8) is 0 Å². The molecule has 1 N–H and O–H groups in total. The van der Waals surface area contributed by atoms with E-state index in [1.165, 1.54) is 0 Å². The van der Waals surface area contributed by atoms with Gasteiger partial charge in [0, 0.05) is 29.2 Å². The summed E-state index contributed by atoms with van der Waals surface area (Å²) < 4.78 is 1.93. The number of carbonyl (C=O) groups is 1. The third kappa shape index (κ3) is 2.97. The molecule has 128 valence electrons. The lowest BCUT2D eigenvalue weighted by molar-refractivity contribution is 0.102. The Morgan fingerprint density at radius 1 is 0.962 bits per heavy atom. The second-order valence-corrected chi connectivity index (χ2v) is 6.39. The Bertz CT molecular complexity index is 1080. The predicted octanol–water partition coefficient (Wildman–Crippen LogP) is 4.87. The van der Waals surface area contributed by atoms with Gasteiger partial charge in [0.2, 0.25) is 0 Å². The summed E-state index contributed by atoms with van der Waals surface area (Å²) in [5.41, 5.74) is 6.24. The third-order valence-corrected chi connectivity index (χ3v) is 4.51. The van der Waals surface area contributed by atoms with Gasteiger partial charge in [-0.3, -0.25) is 4.79 Å². The summed E-state index contributed by atoms with van der Waals surface area (Å²) >= 11 is 0. The molecule has 0 radical (unpaired) electrons. The second kappa shape index (κ2) is 6.48. The topological polar surface area (TPSA) is 46.4 Å². The Balaban J connectivity index is 1.66. The third-order valence-electron chi connectivity index (χ3n) is 4.51. The van der Waals surface area contributed by atoms with Crippen LogP contribution in [-0.4, -0.2) is 15.3 Å². The van der Waals surface area contributed by atoms with Gasteiger partial charge in [0.15, 0.2) is 0 Å². The maximum absolute atomic E-state index is 12.7. The molecule has 4 heteroatoms. The van der Waals surface area contributed by atoms with Crippen molar-refractivity contribution in [3.8, 4) is 11.3 Å². The first-order chi connectivity index (χ1) is 12.6. The molecule has 0 saturated carbocycles. The van der Waals surface area contributed by atoms with Crippen molar-refractivity contribution in [2.24, 2.45) is 0 Å². The van der Waals surface area contributed by atoms with Crippen LogP contribution in [0.15, 0.2) is 73.1 Å². The number of carbonyl (C=O) groups excluding carboxylic acids is 1. The quantitative estimate of drug-likeness (QED) is 0.578. The Hall–Kier alpha value is -3.40. The zero-order chi connectivity index (χ0) is 18.1. The van der Waals surface area contributed by atoms with Crippen LogP contribution in [0, 0.1) is 13.8 Å². The molecule has 0 unspecified atom stereocenters. The number of benzene rings is 2. The maximum Gasteiger partial charge on any atom is 0.255 e. The smallest absolute Gasteiger partial charge is 0.255 e. The van der Waals surface area contributed by atoms with Crippen LogP contribution in [0.5, 0.6) is 0 Å². The van der Waals surface area contributed by atoms with Gasteiger partial charge in [0.25, 0.3) is 5.91 Å². The fourth-order valence-corrected chi connectivity index (χ4v) is 3.07. The van der Waals surface area contributed by atoms with Gasteiger partial charge in [-0.05, 0) is 37.1 Å². The number of amides is 1. The summed E-state index contributed by atoms with van der Waals surface area (Å²) in [6.45, 7) is 3.99. The molecule has 26 heavy (non-hydrogen) atoms. The van der Waals surface area contributed by atoms with Gasteiger partial charge in [-0.25, -0.2) is 4.98 Å². The van der Waals surface area contributed by atoms with Crippen LogP contribution < -0.4 is 5.32 Å². The van der Waals surface area contributed by atoms with Crippen LogP contribution in [0.3, 0.4) is 0 Å². The average molecular weight is 341 g/mol. The fraction of sp³-hybridized carbons (Fsp3) is 0.0909. The van der Waals surface area contributed by atoms with Crippen molar-refractivity contribution in [1.29, 1.82) is 0 Å². The number of nitrogens with zero attached hydrogens (tertiary/aromatic N) is 2. The molecule has 4 nitrogen and oxygen atoms in total. The van der Waals surface area contributed by atoms with Gasteiger partial charge in [0.1, 0.15) is 5.65 Å². The van der Waals surface area contributed by atoms with E-state index in [4.69, 9.17) is 0 Å². The van der Waals surface area contributed by atoms with E-state index in [9.17, 15) is 4.79 Å². The lowest BCUT2D eigenvalue weighted by Gasteiger charge is -2.11. The average Bonchev–Trinajstić information content (AvgIpc) is 3.09. The Morgan fingerprint density at radius 3 is 2.42 bits per heavy atom. The number of para-hydroxylation sites is 1. The number of hydrogen-bond donors (Lipinski definition) is 1. The molecule has 2 heterocycles. The van der Waals surface area contributed by atoms with Crippen molar-refractivity contribution in [2.45, 2.75) is 13.8 Å². The van der Waals surface area contributed by atoms with E-state index in [0.717, 1.165) is 33.7 Å². The molecule has 0 saturated heterocycles. The second-order valence-electron chi connectivity index (χ2n) is 6.39. The number of aryl methyl sites for hydroxylation is 2. The van der Waals surface area contributed by atoms with Crippen LogP contribution in [-0.2, 0) is 0 Å². The number of rotatable bonds is 3. The van der Waals surface area contributed by atoms with Gasteiger partial charge in [-0.15, -0.1) is 0 Å². The molecule has 0 spiro atoms. The first-order valence-corrected chi connectivity index (χ1v) is 8.53. The highest BCUT2D eigenvalue weighted by Crippen LogP contribution is 2.22. The number of imidazole rings is 1. The predicted molar refractivity (Wildman–Crippen MR) is 104 cm³/mol. The summed E-state index contributed by atoms with van der Waals surface area (Å²) in [4.78, 5) is 17.3. The molecule has 1 amide bonds. The zero-order valence-corrected chi connectivity index (χ0v) is 14.7. The van der Waals surface area contributed by atoms with Crippen LogP contribution in [0.25, 0.3) is 16.9 Å². The minimum absolute atomic E-state index is 0.130. The fourth-order valence-electron chi connectivity index (χ4n) is 3.07. The normalized spacial score (nSPS) is 10.8. The Kier molecular flexibility index (Phi) is 4.01. The van der Waals surface area contributed by atoms with Gasteiger partial charge < -0.3 is 9.72 Å². The monoisotopic (exact) mass is 341 g/mol. The molecular formula is C22H19N3O. The number of pyridine rings is 1. The molecule has 0 fully saturated rings. The molecular weight excluding hydrogens is 322 g/mol. The summed E-state index contributed by atoms with van der Waals surface area (Å²) in [5.74, 6) is -0.130. The molecule has 0 atom stereocenters. The van der Waals surface area contributed by atoms with Crippen molar-refractivity contribution >= 4 is 17.2 Å². The lowest BCUT2D eigenvalue weighted by Crippen LogP contribution is -2.14. The van der Waals surface area contributed by atoms with E-state index in [-0.39, 0.29) is 5.91 Å². The van der Waals surface area contributed by atoms with E-state index in [2.05, 4.69) is 10.3 Å². The van der Waals surface area contributed by atoms with Gasteiger partial charge >= 0.3 is 0 Å². The number of fused-ring (bicyclic) bond motifs is 1. The number of nitrogens with one attached hydrogen (secondary N) is 1. The largest absolute Gasteiger partial charge is 0.322 e. The van der Waals surface area contributed by atoms with E-state index in [0.29, 0.717) is 5.56 Å². The maximum atomic E-state index is 12.7. The zero-order valence-electron chi connectivity index (χ0n) is 14.7.